The lowest BCUT2D eigenvalue weighted by molar-refractivity contribution is 0.399. The molecule has 0 spiro atoms. The number of ether oxygens (including phenoxy) is 1. The summed E-state index contributed by atoms with van der Waals surface area (Å²) in [7, 11) is 1.44. The second-order valence-corrected chi connectivity index (χ2v) is 8.71. The van der Waals surface area contributed by atoms with Gasteiger partial charge in [0.1, 0.15) is 23.0 Å². The van der Waals surface area contributed by atoms with E-state index in [9.17, 15) is 20.1 Å². The van der Waals surface area contributed by atoms with Gasteiger partial charge in [-0.15, -0.1) is 0 Å². The molecule has 5 N–H and O–H groups in total. The van der Waals surface area contributed by atoms with Gasteiger partial charge in [0.05, 0.1) is 23.8 Å². The van der Waals surface area contributed by atoms with Crippen LogP contribution in [0.3, 0.4) is 0 Å². The van der Waals surface area contributed by atoms with Crippen LogP contribution in [0.2, 0.25) is 0 Å². The van der Waals surface area contributed by atoms with Crippen molar-refractivity contribution >= 4 is 11.0 Å². The number of pyridine rings is 1. The van der Waals surface area contributed by atoms with E-state index in [1.165, 1.54) is 19.2 Å². The number of aromatic nitrogens is 3. The molecule has 0 saturated heterocycles. The topological polar surface area (TPSA) is 131 Å². The summed E-state index contributed by atoms with van der Waals surface area (Å²) in [6.45, 7) is 7.96. The molecule has 4 aromatic rings. The summed E-state index contributed by atoms with van der Waals surface area (Å²) in [5.41, 5.74) is 3.11. The second-order valence-electron chi connectivity index (χ2n) is 8.71. The summed E-state index contributed by atoms with van der Waals surface area (Å²) in [6, 6.07) is 8.17. The molecule has 8 nitrogen and oxygen atoms in total. The number of aromatic hydroxyl groups is 3. The summed E-state index contributed by atoms with van der Waals surface area (Å²) in [5.74, 6) is 0.186. The van der Waals surface area contributed by atoms with Gasteiger partial charge in [0.25, 0.3) is 5.56 Å². The van der Waals surface area contributed by atoms with Crippen LogP contribution >= 0.6 is 0 Å². The van der Waals surface area contributed by atoms with Crippen LogP contribution in [-0.2, 0) is 0 Å². The van der Waals surface area contributed by atoms with E-state index in [1.54, 1.807) is 6.07 Å². The molecule has 0 atom stereocenters. The van der Waals surface area contributed by atoms with Crippen LogP contribution < -0.4 is 10.3 Å². The molecule has 0 unspecified atom stereocenters. The highest BCUT2D eigenvalue weighted by Gasteiger charge is 2.23. The number of rotatable bonds is 5. The average Bonchev–Trinajstić information content (AvgIpc) is 3.12. The number of fused-ring (bicyclic) bond motifs is 1. The fourth-order valence-electron chi connectivity index (χ4n) is 4.04. The van der Waals surface area contributed by atoms with Crippen LogP contribution in [0, 0.1) is 0 Å². The zero-order valence-electron chi connectivity index (χ0n) is 19.1. The Balaban J connectivity index is 2.11. The number of hydrogen-bond donors (Lipinski definition) is 5. The lowest BCUT2D eigenvalue weighted by atomic mass is 9.88. The molecule has 0 radical (unpaired) electrons. The minimum absolute atomic E-state index is 0.0426. The zero-order valence-corrected chi connectivity index (χ0v) is 19.1. The molecule has 172 valence electrons. The van der Waals surface area contributed by atoms with Crippen molar-refractivity contribution < 1.29 is 20.1 Å². The van der Waals surface area contributed by atoms with E-state index in [0.717, 1.165) is 11.1 Å². The van der Waals surface area contributed by atoms with Gasteiger partial charge in [-0.1, -0.05) is 27.7 Å². The smallest absolute Gasteiger partial charge is 0.273 e. The Bertz CT molecular complexity index is 1360. The molecule has 0 saturated carbocycles. The standard InChI is InChI=1S/C25H27N3O5/c1-11(2)15-6-13(7-16(12(3)4)23(15)31)17-10-18-24(27-28-25(18)32)26-22(17)21-19(29)8-14(33-5)9-20(21)30/h6-12,29-31H,1-5H3,(H2,26,27,28,32). The number of nitrogens with one attached hydrogen (secondary N) is 2. The van der Waals surface area contributed by atoms with Crippen molar-refractivity contribution in [3.05, 3.63) is 51.8 Å². The third-order valence-electron chi connectivity index (χ3n) is 5.83. The van der Waals surface area contributed by atoms with Crippen molar-refractivity contribution in [2.75, 3.05) is 7.11 Å². The van der Waals surface area contributed by atoms with Gasteiger partial charge < -0.3 is 20.1 Å². The fraction of sp³-hybridized carbons (Fsp3) is 0.280. The van der Waals surface area contributed by atoms with Gasteiger partial charge in [-0.25, -0.2) is 4.98 Å². The van der Waals surface area contributed by atoms with E-state index in [-0.39, 0.29) is 45.9 Å². The second kappa shape index (κ2) is 8.20. The maximum atomic E-state index is 12.3. The van der Waals surface area contributed by atoms with E-state index in [4.69, 9.17) is 4.74 Å². The number of aromatic amines is 2. The van der Waals surface area contributed by atoms with Crippen LogP contribution in [0.15, 0.2) is 35.1 Å². The largest absolute Gasteiger partial charge is 0.507 e. The van der Waals surface area contributed by atoms with Crippen molar-refractivity contribution in [2.24, 2.45) is 0 Å². The first-order chi connectivity index (χ1) is 15.6. The van der Waals surface area contributed by atoms with E-state index in [0.29, 0.717) is 27.9 Å². The summed E-state index contributed by atoms with van der Waals surface area (Å²) < 4.78 is 5.13. The Morgan fingerprint density at radius 3 is 1.97 bits per heavy atom. The van der Waals surface area contributed by atoms with Gasteiger partial charge in [0.15, 0.2) is 5.65 Å². The molecule has 33 heavy (non-hydrogen) atoms. The number of nitrogens with zero attached hydrogens (tertiary/aromatic N) is 1. The first-order valence-corrected chi connectivity index (χ1v) is 10.7. The van der Waals surface area contributed by atoms with Gasteiger partial charge in [-0.05, 0) is 46.7 Å². The molecule has 0 fully saturated rings. The maximum absolute atomic E-state index is 12.3. The molecule has 0 aliphatic rings. The SMILES string of the molecule is COc1cc(O)c(-c2nc3[nH][nH]c(=O)c3cc2-c2cc(C(C)C)c(O)c(C(C)C)c2)c(O)c1. The molecule has 0 amide bonds. The quantitative estimate of drug-likeness (QED) is 0.293. The number of hydrogen-bond acceptors (Lipinski definition) is 6. The zero-order chi connectivity index (χ0) is 24.0. The molecule has 2 aromatic heterocycles. The van der Waals surface area contributed by atoms with Crippen LogP contribution in [-0.4, -0.2) is 37.6 Å². The van der Waals surface area contributed by atoms with Crippen molar-refractivity contribution in [2.45, 2.75) is 39.5 Å². The number of H-pyrrole nitrogens is 2. The summed E-state index contributed by atoms with van der Waals surface area (Å²) >= 11 is 0. The Morgan fingerprint density at radius 2 is 1.45 bits per heavy atom. The minimum atomic E-state index is -0.333. The van der Waals surface area contributed by atoms with Gasteiger partial charge in [0.2, 0.25) is 0 Å². The third kappa shape index (κ3) is 3.77. The third-order valence-corrected chi connectivity index (χ3v) is 5.83. The first kappa shape index (κ1) is 22.3. The minimum Gasteiger partial charge on any atom is -0.507 e. The summed E-state index contributed by atoms with van der Waals surface area (Å²) in [5, 5.41) is 37.9. The molecule has 2 aromatic carbocycles. The first-order valence-electron chi connectivity index (χ1n) is 10.7. The van der Waals surface area contributed by atoms with Gasteiger partial charge in [0, 0.05) is 17.7 Å². The molecule has 0 aliphatic carbocycles. The van der Waals surface area contributed by atoms with Gasteiger partial charge in [-0.3, -0.25) is 15.0 Å². The summed E-state index contributed by atoms with van der Waals surface area (Å²) in [4.78, 5) is 16.9. The van der Waals surface area contributed by atoms with Crippen molar-refractivity contribution in [3.63, 3.8) is 0 Å². The van der Waals surface area contributed by atoms with Crippen LogP contribution in [0.1, 0.15) is 50.7 Å². The normalized spacial score (nSPS) is 11.6. The van der Waals surface area contributed by atoms with Gasteiger partial charge in [-0.2, -0.15) is 0 Å². The molecule has 8 heteroatoms. The Morgan fingerprint density at radius 1 is 0.879 bits per heavy atom. The predicted octanol–water partition coefficient (Wildman–Crippen LogP) is 4.96. The molecule has 0 aliphatic heterocycles. The molecule has 4 rings (SSSR count). The predicted molar refractivity (Wildman–Crippen MR) is 127 cm³/mol. The maximum Gasteiger partial charge on any atom is 0.273 e. The van der Waals surface area contributed by atoms with E-state index >= 15 is 0 Å². The average molecular weight is 450 g/mol. The monoisotopic (exact) mass is 449 g/mol. The molecule has 2 heterocycles. The number of methoxy groups -OCH3 is 1. The van der Waals surface area contributed by atoms with Crippen molar-refractivity contribution in [1.29, 1.82) is 0 Å². The number of benzene rings is 2. The molecular weight excluding hydrogens is 422 g/mol. The van der Waals surface area contributed by atoms with E-state index < -0.39 is 0 Å². The van der Waals surface area contributed by atoms with Gasteiger partial charge >= 0.3 is 0 Å². The van der Waals surface area contributed by atoms with Crippen LogP contribution in [0.5, 0.6) is 23.0 Å². The van der Waals surface area contributed by atoms with E-state index in [1.807, 2.05) is 39.8 Å². The summed E-state index contributed by atoms with van der Waals surface area (Å²) in [6.07, 6.45) is 0. The fourth-order valence-corrected chi connectivity index (χ4v) is 4.04. The highest BCUT2D eigenvalue weighted by atomic mass is 16.5. The van der Waals surface area contributed by atoms with Crippen molar-refractivity contribution in [1.82, 2.24) is 15.2 Å². The van der Waals surface area contributed by atoms with Crippen LogP contribution in [0.4, 0.5) is 0 Å². The Kier molecular flexibility index (Phi) is 5.53. The lowest BCUT2D eigenvalue weighted by Gasteiger charge is -2.19. The van der Waals surface area contributed by atoms with Crippen LogP contribution in [0.25, 0.3) is 33.4 Å². The number of phenols is 3. The molecule has 0 bridgehead atoms. The molecular formula is C25H27N3O5. The van der Waals surface area contributed by atoms with E-state index in [2.05, 4.69) is 15.2 Å². The highest BCUT2D eigenvalue weighted by Crippen LogP contribution is 2.46. The lowest BCUT2D eigenvalue weighted by Crippen LogP contribution is -2.01. The van der Waals surface area contributed by atoms with Crippen molar-refractivity contribution in [3.8, 4) is 45.4 Å². The Labute approximate surface area is 190 Å². The highest BCUT2D eigenvalue weighted by molar-refractivity contribution is 5.93. The number of phenolic OH excluding ortho intramolecular Hbond substituents is 3. The Hall–Kier alpha value is -3.94.